The first-order chi connectivity index (χ1) is 16.4. The number of nitrogens with zero attached hydrogens (tertiary/aromatic N) is 1. The molecule has 1 fully saturated rings. The van der Waals surface area contributed by atoms with Gasteiger partial charge in [0.15, 0.2) is 5.75 Å². The first-order valence-corrected chi connectivity index (χ1v) is 11.9. The number of aromatic nitrogens is 1. The van der Waals surface area contributed by atoms with E-state index in [0.29, 0.717) is 16.3 Å². The van der Waals surface area contributed by atoms with Crippen LogP contribution in [-0.2, 0) is 5.41 Å². The Kier molecular flexibility index (Phi) is 4.71. The summed E-state index contributed by atoms with van der Waals surface area (Å²) in [7, 11) is 0. The number of halogens is 2. The number of aromatic hydroxyl groups is 1. The summed E-state index contributed by atoms with van der Waals surface area (Å²) in [4.78, 5) is 26.7. The zero-order valence-electron chi connectivity index (χ0n) is 17.9. The van der Waals surface area contributed by atoms with Crippen molar-refractivity contribution in [3.8, 4) is 11.4 Å². The maximum absolute atomic E-state index is 14.3. The van der Waals surface area contributed by atoms with Crippen LogP contribution in [0.4, 0.5) is 8.78 Å². The first-order valence-electron chi connectivity index (χ1n) is 11.1. The van der Waals surface area contributed by atoms with E-state index in [1.807, 2.05) is 0 Å². The third kappa shape index (κ3) is 2.98. The van der Waals surface area contributed by atoms with Crippen molar-refractivity contribution in [1.82, 2.24) is 4.57 Å². The van der Waals surface area contributed by atoms with E-state index in [-0.39, 0.29) is 21.7 Å². The van der Waals surface area contributed by atoms with Crippen LogP contribution in [0.3, 0.4) is 0 Å². The predicted octanol–water partition coefficient (Wildman–Crippen LogP) is 5.64. The summed E-state index contributed by atoms with van der Waals surface area (Å²) in [5, 5.41) is 10.9. The summed E-state index contributed by atoms with van der Waals surface area (Å²) in [6.07, 6.45) is 4.41. The van der Waals surface area contributed by atoms with E-state index in [2.05, 4.69) is 0 Å². The van der Waals surface area contributed by atoms with Crippen LogP contribution in [0.2, 0.25) is 0 Å². The van der Waals surface area contributed by atoms with Gasteiger partial charge in [-0.1, -0.05) is 37.1 Å². The lowest BCUT2D eigenvalue weighted by Crippen LogP contribution is -2.31. The summed E-state index contributed by atoms with van der Waals surface area (Å²) in [6.45, 7) is 0. The highest BCUT2D eigenvalue weighted by molar-refractivity contribution is 7.99. The molecule has 6 rings (SSSR count). The van der Waals surface area contributed by atoms with Crippen LogP contribution < -0.4 is 11.2 Å². The van der Waals surface area contributed by atoms with Crippen molar-refractivity contribution in [3.05, 3.63) is 92.2 Å². The van der Waals surface area contributed by atoms with Gasteiger partial charge in [0.25, 0.3) is 5.56 Å². The van der Waals surface area contributed by atoms with Gasteiger partial charge in [-0.25, -0.2) is 13.6 Å². The van der Waals surface area contributed by atoms with E-state index in [4.69, 9.17) is 4.42 Å². The standard InChI is InChI=1S/C26H19F2NO4S/c27-14-5-4-6-16(11-14)34-23-22(30)21-19(33-25(23)32)13-20-26(9-2-1-3-10-26)17-12-15(28)7-8-18(17)29(20)24(21)31/h4-8,11-13,30H,1-3,9-10H2. The first kappa shape index (κ1) is 21.2. The molecule has 2 aliphatic rings. The average molecular weight is 480 g/mol. The fourth-order valence-corrected chi connectivity index (χ4v) is 6.35. The molecule has 0 bridgehead atoms. The molecule has 0 unspecified atom stereocenters. The smallest absolute Gasteiger partial charge is 0.354 e. The fourth-order valence-electron chi connectivity index (χ4n) is 5.48. The molecule has 0 atom stereocenters. The van der Waals surface area contributed by atoms with Gasteiger partial charge >= 0.3 is 5.63 Å². The normalized spacial score (nSPS) is 16.1. The molecule has 3 heterocycles. The summed E-state index contributed by atoms with van der Waals surface area (Å²) >= 11 is 0.827. The maximum Gasteiger partial charge on any atom is 0.354 e. The molecule has 172 valence electrons. The van der Waals surface area contributed by atoms with E-state index in [1.165, 1.54) is 34.9 Å². The van der Waals surface area contributed by atoms with Crippen molar-refractivity contribution < 1.29 is 18.3 Å². The molecule has 1 saturated carbocycles. The summed E-state index contributed by atoms with van der Waals surface area (Å²) < 4.78 is 34.9. The third-order valence-corrected chi connectivity index (χ3v) is 7.99. The second-order valence-corrected chi connectivity index (χ2v) is 9.92. The lowest BCUT2D eigenvalue weighted by atomic mass is 9.68. The molecule has 34 heavy (non-hydrogen) atoms. The van der Waals surface area contributed by atoms with Gasteiger partial charge in [-0.15, -0.1) is 0 Å². The highest BCUT2D eigenvalue weighted by Crippen LogP contribution is 2.52. The number of rotatable bonds is 2. The SMILES string of the molecule is O=c1oc2cc3n(c(=O)c2c(O)c1Sc1cccc(F)c1)-c1ccc(F)cc1C31CCCCC1. The number of hydrogen-bond acceptors (Lipinski definition) is 5. The summed E-state index contributed by atoms with van der Waals surface area (Å²) in [6, 6.07) is 11.6. The third-order valence-electron chi connectivity index (χ3n) is 6.94. The van der Waals surface area contributed by atoms with Crippen molar-refractivity contribution in [1.29, 1.82) is 0 Å². The van der Waals surface area contributed by atoms with Gasteiger partial charge in [0.05, 0.1) is 5.69 Å². The van der Waals surface area contributed by atoms with Gasteiger partial charge in [0.1, 0.15) is 27.5 Å². The monoisotopic (exact) mass is 479 g/mol. The van der Waals surface area contributed by atoms with E-state index < -0.39 is 28.2 Å². The largest absolute Gasteiger partial charge is 0.505 e. The minimum Gasteiger partial charge on any atom is -0.505 e. The van der Waals surface area contributed by atoms with Crippen LogP contribution in [0.5, 0.6) is 5.75 Å². The Morgan fingerprint density at radius 1 is 0.971 bits per heavy atom. The minimum absolute atomic E-state index is 0.0134. The lowest BCUT2D eigenvalue weighted by molar-refractivity contribution is 0.345. The Labute approximate surface area is 196 Å². The van der Waals surface area contributed by atoms with Gasteiger partial charge in [0.2, 0.25) is 0 Å². The van der Waals surface area contributed by atoms with Crippen molar-refractivity contribution in [2.45, 2.75) is 47.3 Å². The molecule has 0 saturated heterocycles. The highest BCUT2D eigenvalue weighted by Gasteiger charge is 2.45. The molecule has 1 spiro atoms. The zero-order chi connectivity index (χ0) is 23.6. The van der Waals surface area contributed by atoms with Gasteiger partial charge in [-0.05, 0) is 54.8 Å². The zero-order valence-corrected chi connectivity index (χ0v) is 18.8. The van der Waals surface area contributed by atoms with Crippen LogP contribution >= 0.6 is 11.8 Å². The fraction of sp³-hybridized carbons (Fsp3) is 0.231. The van der Waals surface area contributed by atoms with E-state index >= 15 is 0 Å². The molecule has 1 aliphatic heterocycles. The van der Waals surface area contributed by atoms with Gasteiger partial charge < -0.3 is 9.52 Å². The Morgan fingerprint density at radius 2 is 1.74 bits per heavy atom. The predicted molar refractivity (Wildman–Crippen MR) is 124 cm³/mol. The van der Waals surface area contributed by atoms with E-state index in [0.717, 1.165) is 49.4 Å². The number of hydrogen-bond donors (Lipinski definition) is 1. The average Bonchev–Trinajstić information content (AvgIpc) is 3.06. The second kappa shape index (κ2) is 7.56. The van der Waals surface area contributed by atoms with E-state index in [1.54, 1.807) is 18.2 Å². The quantitative estimate of drug-likeness (QED) is 0.403. The molecular weight excluding hydrogens is 460 g/mol. The molecule has 1 N–H and O–H groups in total. The Balaban J connectivity index is 1.63. The molecule has 0 amide bonds. The molecule has 2 aromatic heterocycles. The lowest BCUT2D eigenvalue weighted by Gasteiger charge is -2.34. The van der Waals surface area contributed by atoms with Crippen molar-refractivity contribution >= 4 is 22.7 Å². The van der Waals surface area contributed by atoms with Crippen molar-refractivity contribution in [2.75, 3.05) is 0 Å². The molecule has 4 aromatic rings. The minimum atomic E-state index is -0.817. The van der Waals surface area contributed by atoms with Crippen LogP contribution in [0.15, 0.2) is 72.3 Å². The molecular formula is C26H19F2NO4S. The Bertz CT molecular complexity index is 1600. The summed E-state index contributed by atoms with van der Waals surface area (Å²) in [5.74, 6) is -1.37. The number of fused-ring (bicyclic) bond motifs is 6. The topological polar surface area (TPSA) is 72.4 Å². The van der Waals surface area contributed by atoms with Crippen LogP contribution in [0.1, 0.15) is 43.4 Å². The Morgan fingerprint density at radius 3 is 2.50 bits per heavy atom. The Hall–Kier alpha value is -3.39. The van der Waals surface area contributed by atoms with Crippen molar-refractivity contribution in [2.24, 2.45) is 0 Å². The van der Waals surface area contributed by atoms with Crippen LogP contribution in [-0.4, -0.2) is 9.67 Å². The highest BCUT2D eigenvalue weighted by atomic mass is 32.2. The molecule has 2 aromatic carbocycles. The van der Waals surface area contributed by atoms with Gasteiger partial charge in [-0.2, -0.15) is 0 Å². The number of pyridine rings is 1. The second-order valence-electron chi connectivity index (χ2n) is 8.84. The number of benzene rings is 2. The summed E-state index contributed by atoms with van der Waals surface area (Å²) in [5.41, 5.74) is 0.0598. The van der Waals surface area contributed by atoms with Crippen LogP contribution in [0.25, 0.3) is 16.7 Å². The molecule has 0 radical (unpaired) electrons. The molecule has 1 aliphatic carbocycles. The molecule has 5 nitrogen and oxygen atoms in total. The van der Waals surface area contributed by atoms with Gasteiger partial charge in [-0.3, -0.25) is 9.36 Å². The van der Waals surface area contributed by atoms with Crippen molar-refractivity contribution in [3.63, 3.8) is 0 Å². The van der Waals surface area contributed by atoms with Crippen LogP contribution in [0, 0.1) is 11.6 Å². The maximum atomic E-state index is 14.3. The van der Waals surface area contributed by atoms with E-state index in [9.17, 15) is 23.5 Å². The van der Waals surface area contributed by atoms with Gasteiger partial charge in [0, 0.05) is 22.1 Å². The molecule has 8 heteroatoms.